The summed E-state index contributed by atoms with van der Waals surface area (Å²) < 4.78 is 33.1. The zero-order valence-electron chi connectivity index (χ0n) is 17.5. The number of nitrogens with zero attached hydrogens (tertiary/aromatic N) is 1. The van der Waals surface area contributed by atoms with Gasteiger partial charge in [-0.1, -0.05) is 60.5 Å². The first-order valence-corrected chi connectivity index (χ1v) is 12.3. The number of carbonyl (C=O) groups is 1. The Morgan fingerprint density at radius 2 is 1.66 bits per heavy atom. The van der Waals surface area contributed by atoms with Gasteiger partial charge in [0.15, 0.2) is 0 Å². The zero-order chi connectivity index (χ0) is 23.1. The summed E-state index contributed by atoms with van der Waals surface area (Å²) in [6.45, 7) is 2.20. The summed E-state index contributed by atoms with van der Waals surface area (Å²) in [5, 5.41) is 0.863. The Morgan fingerprint density at radius 3 is 2.28 bits per heavy atom. The summed E-state index contributed by atoms with van der Waals surface area (Å²) in [4.78, 5) is 13.1. The average molecular weight is 492 g/mol. The first-order valence-electron chi connectivity index (χ1n) is 10.1. The molecule has 0 bridgehead atoms. The van der Waals surface area contributed by atoms with E-state index < -0.39 is 15.9 Å². The van der Waals surface area contributed by atoms with Crippen molar-refractivity contribution in [3.63, 3.8) is 0 Å². The van der Waals surface area contributed by atoms with Gasteiger partial charge in [-0.05, 0) is 60.9 Å². The highest BCUT2D eigenvalue weighted by Gasteiger charge is 2.30. The van der Waals surface area contributed by atoms with Crippen LogP contribution in [0.2, 0.25) is 10.0 Å². The second-order valence-electron chi connectivity index (χ2n) is 7.02. The molecule has 0 aliphatic rings. The van der Waals surface area contributed by atoms with Gasteiger partial charge in [0.2, 0.25) is 5.91 Å². The highest BCUT2D eigenvalue weighted by molar-refractivity contribution is 7.93. The Bertz CT molecular complexity index is 1170. The minimum atomic E-state index is -4.07. The first-order chi connectivity index (χ1) is 15.3. The molecule has 0 spiro atoms. The van der Waals surface area contributed by atoms with Crippen molar-refractivity contribution < 1.29 is 17.9 Å². The molecule has 5 nitrogen and oxygen atoms in total. The van der Waals surface area contributed by atoms with Crippen LogP contribution in [0.15, 0.2) is 77.7 Å². The van der Waals surface area contributed by atoms with E-state index in [0.717, 1.165) is 16.3 Å². The van der Waals surface area contributed by atoms with Crippen LogP contribution in [-0.4, -0.2) is 20.9 Å². The van der Waals surface area contributed by atoms with Gasteiger partial charge in [0.25, 0.3) is 10.0 Å². The molecule has 0 unspecified atom stereocenters. The molecule has 0 saturated heterocycles. The van der Waals surface area contributed by atoms with Crippen LogP contribution < -0.4 is 9.04 Å². The van der Waals surface area contributed by atoms with Crippen LogP contribution in [0.4, 0.5) is 5.69 Å². The minimum absolute atomic E-state index is 0.0210. The number of benzene rings is 3. The van der Waals surface area contributed by atoms with Crippen LogP contribution in [0.25, 0.3) is 0 Å². The van der Waals surface area contributed by atoms with E-state index in [1.165, 1.54) is 12.1 Å². The normalized spacial score (nSPS) is 11.2. The molecular formula is C24H23Cl2NO4S. The number of rotatable bonds is 9. The third-order valence-electron chi connectivity index (χ3n) is 4.77. The highest BCUT2D eigenvalue weighted by Crippen LogP contribution is 2.28. The smallest absolute Gasteiger partial charge is 0.270 e. The summed E-state index contributed by atoms with van der Waals surface area (Å²) >= 11 is 12.0. The predicted octanol–water partition coefficient (Wildman–Crippen LogP) is 6.14. The van der Waals surface area contributed by atoms with Gasteiger partial charge in [-0.15, -0.1) is 0 Å². The lowest BCUT2D eigenvalue weighted by Crippen LogP contribution is -2.37. The third kappa shape index (κ3) is 5.82. The van der Waals surface area contributed by atoms with E-state index in [4.69, 9.17) is 27.9 Å². The van der Waals surface area contributed by atoms with Crippen molar-refractivity contribution in [1.29, 1.82) is 0 Å². The van der Waals surface area contributed by atoms with E-state index in [2.05, 4.69) is 0 Å². The number of ether oxygens (including phenoxy) is 1. The van der Waals surface area contributed by atoms with Crippen molar-refractivity contribution in [1.82, 2.24) is 0 Å². The van der Waals surface area contributed by atoms with Gasteiger partial charge < -0.3 is 4.74 Å². The van der Waals surface area contributed by atoms with Crippen LogP contribution in [0, 0.1) is 0 Å². The first kappa shape index (κ1) is 24.1. The summed E-state index contributed by atoms with van der Waals surface area (Å²) in [7, 11) is -4.07. The van der Waals surface area contributed by atoms with Crippen molar-refractivity contribution in [2.45, 2.75) is 31.1 Å². The zero-order valence-corrected chi connectivity index (χ0v) is 19.8. The van der Waals surface area contributed by atoms with Gasteiger partial charge >= 0.3 is 0 Å². The second kappa shape index (κ2) is 10.9. The molecule has 0 N–H and O–H groups in total. The molecule has 3 aromatic rings. The molecular weight excluding hydrogens is 469 g/mol. The SMILES string of the molecule is CCc1ccc(N(C(=O)CCCOc2ccc(Cl)cc2Cl)S(=O)(=O)c2ccccc2)cc1. The van der Waals surface area contributed by atoms with Crippen molar-refractivity contribution in [3.05, 3.63) is 88.4 Å². The minimum Gasteiger partial charge on any atom is -0.492 e. The average Bonchev–Trinajstić information content (AvgIpc) is 2.79. The number of sulfonamides is 1. The van der Waals surface area contributed by atoms with E-state index in [-0.39, 0.29) is 17.9 Å². The lowest BCUT2D eigenvalue weighted by molar-refractivity contribution is -0.117. The second-order valence-corrected chi connectivity index (χ2v) is 9.65. The Morgan fingerprint density at radius 1 is 0.969 bits per heavy atom. The number of hydrogen-bond donors (Lipinski definition) is 0. The maximum Gasteiger partial charge on any atom is 0.270 e. The lowest BCUT2D eigenvalue weighted by Gasteiger charge is -2.23. The van der Waals surface area contributed by atoms with E-state index in [0.29, 0.717) is 27.9 Å². The van der Waals surface area contributed by atoms with Crippen LogP contribution in [0.5, 0.6) is 5.75 Å². The molecule has 0 radical (unpaired) electrons. The number of aryl methyl sites for hydroxylation is 1. The fourth-order valence-electron chi connectivity index (χ4n) is 3.08. The molecule has 3 aromatic carbocycles. The Labute approximate surface area is 198 Å². The highest BCUT2D eigenvalue weighted by atomic mass is 35.5. The monoisotopic (exact) mass is 491 g/mol. The number of amides is 1. The van der Waals surface area contributed by atoms with Crippen LogP contribution in [0.1, 0.15) is 25.3 Å². The molecule has 0 aromatic heterocycles. The van der Waals surface area contributed by atoms with E-state index >= 15 is 0 Å². The summed E-state index contributed by atoms with van der Waals surface area (Å²) in [5.74, 6) is -0.0867. The third-order valence-corrected chi connectivity index (χ3v) is 7.07. The quantitative estimate of drug-likeness (QED) is 0.337. The summed E-state index contributed by atoms with van der Waals surface area (Å²) in [6.07, 6.45) is 1.10. The maximum atomic E-state index is 13.3. The molecule has 0 heterocycles. The van der Waals surface area contributed by atoms with Gasteiger partial charge in [-0.3, -0.25) is 4.79 Å². The molecule has 0 atom stereocenters. The van der Waals surface area contributed by atoms with Crippen LogP contribution >= 0.6 is 23.2 Å². The molecule has 0 aliphatic heterocycles. The fraction of sp³-hybridized carbons (Fsp3) is 0.208. The van der Waals surface area contributed by atoms with Crippen LogP contribution in [0.3, 0.4) is 0 Å². The largest absolute Gasteiger partial charge is 0.492 e. The molecule has 0 saturated carbocycles. The molecule has 8 heteroatoms. The van der Waals surface area contributed by atoms with Crippen molar-refractivity contribution in [3.8, 4) is 5.75 Å². The van der Waals surface area contributed by atoms with Gasteiger partial charge in [0, 0.05) is 11.4 Å². The van der Waals surface area contributed by atoms with Crippen molar-refractivity contribution in [2.75, 3.05) is 10.9 Å². The Kier molecular flexibility index (Phi) is 8.18. The summed E-state index contributed by atoms with van der Waals surface area (Å²) in [6, 6.07) is 19.7. The molecule has 3 rings (SSSR count). The topological polar surface area (TPSA) is 63.7 Å². The molecule has 0 fully saturated rings. The number of hydrogen-bond acceptors (Lipinski definition) is 4. The Hall–Kier alpha value is -2.54. The maximum absolute atomic E-state index is 13.3. The number of halogens is 2. The van der Waals surface area contributed by atoms with E-state index in [1.54, 1.807) is 48.5 Å². The van der Waals surface area contributed by atoms with Gasteiger partial charge in [-0.25, -0.2) is 12.7 Å². The fourth-order valence-corrected chi connectivity index (χ4v) is 5.01. The Balaban J connectivity index is 1.77. The van der Waals surface area contributed by atoms with Crippen LogP contribution in [-0.2, 0) is 21.2 Å². The molecule has 168 valence electrons. The number of carbonyl (C=O) groups excluding carboxylic acids is 1. The summed E-state index contributed by atoms with van der Waals surface area (Å²) in [5.41, 5.74) is 1.35. The van der Waals surface area contributed by atoms with Gasteiger partial charge in [0.1, 0.15) is 5.75 Å². The van der Waals surface area contributed by atoms with E-state index in [9.17, 15) is 13.2 Å². The van der Waals surface area contributed by atoms with Gasteiger partial charge in [0.05, 0.1) is 22.2 Å². The molecule has 32 heavy (non-hydrogen) atoms. The lowest BCUT2D eigenvalue weighted by atomic mass is 10.1. The van der Waals surface area contributed by atoms with Gasteiger partial charge in [-0.2, -0.15) is 0 Å². The molecule has 0 aliphatic carbocycles. The number of anilines is 1. The van der Waals surface area contributed by atoms with Crippen molar-refractivity contribution in [2.24, 2.45) is 0 Å². The standard InChI is InChI=1S/C24H23Cl2NO4S/c1-2-18-10-13-20(14-11-18)27(32(29,30)21-7-4-3-5-8-21)24(28)9-6-16-31-23-15-12-19(25)17-22(23)26/h3-5,7-8,10-15,17H,2,6,9,16H2,1H3. The van der Waals surface area contributed by atoms with Crippen molar-refractivity contribution >= 4 is 44.8 Å². The van der Waals surface area contributed by atoms with E-state index in [1.807, 2.05) is 19.1 Å². The predicted molar refractivity (Wildman–Crippen MR) is 128 cm³/mol. The molecule has 1 amide bonds.